The molecule has 1 aromatic heterocycles. The quantitative estimate of drug-likeness (QED) is 0.635. The third kappa shape index (κ3) is 2.91. The van der Waals surface area contributed by atoms with Crippen molar-refractivity contribution < 1.29 is 4.74 Å². The van der Waals surface area contributed by atoms with E-state index in [0.717, 1.165) is 25.2 Å². The molecule has 1 saturated carbocycles. The second-order valence-electron chi connectivity index (χ2n) is 5.34. The van der Waals surface area contributed by atoms with Gasteiger partial charge in [-0.25, -0.2) is 0 Å². The molecule has 0 aromatic carbocycles. The monoisotopic (exact) mass is 269 g/mol. The Bertz CT molecular complexity index is 347. The van der Waals surface area contributed by atoms with Crippen LogP contribution in [0.5, 0.6) is 0 Å². The van der Waals surface area contributed by atoms with Gasteiger partial charge in [0.05, 0.1) is 17.2 Å². The molecule has 1 heterocycles. The lowest BCUT2D eigenvalue weighted by molar-refractivity contribution is -0.0745. The SMILES string of the molecule is COC1(C(Cc2cncs2)NN)CCC(C)CC1. The zero-order valence-electron chi connectivity index (χ0n) is 11.2. The van der Waals surface area contributed by atoms with Gasteiger partial charge in [-0.05, 0) is 31.6 Å². The van der Waals surface area contributed by atoms with Gasteiger partial charge in [-0.3, -0.25) is 16.3 Å². The number of thiazole rings is 1. The van der Waals surface area contributed by atoms with Crippen LogP contribution in [0.25, 0.3) is 0 Å². The molecule has 0 radical (unpaired) electrons. The summed E-state index contributed by atoms with van der Waals surface area (Å²) in [4.78, 5) is 5.38. The number of hydrazine groups is 1. The van der Waals surface area contributed by atoms with Gasteiger partial charge in [0.25, 0.3) is 0 Å². The van der Waals surface area contributed by atoms with E-state index in [9.17, 15) is 0 Å². The largest absolute Gasteiger partial charge is 0.377 e. The Balaban J connectivity index is 2.08. The maximum Gasteiger partial charge on any atom is 0.0848 e. The standard InChI is InChI=1S/C13H23N3OS/c1-10-3-5-13(17-2,6-4-10)12(16-14)7-11-8-15-9-18-11/h8-10,12,16H,3-7,14H2,1-2H3. The Labute approximate surface area is 113 Å². The number of hydrogen-bond donors (Lipinski definition) is 2. The molecule has 0 amide bonds. The lowest BCUT2D eigenvalue weighted by Gasteiger charge is -2.43. The van der Waals surface area contributed by atoms with Crippen molar-refractivity contribution in [3.05, 3.63) is 16.6 Å². The third-order valence-corrected chi connectivity index (χ3v) is 5.05. The summed E-state index contributed by atoms with van der Waals surface area (Å²) in [5.41, 5.74) is 4.72. The van der Waals surface area contributed by atoms with Crippen molar-refractivity contribution in [2.45, 2.75) is 50.7 Å². The summed E-state index contributed by atoms with van der Waals surface area (Å²) in [6, 6.07) is 0.162. The van der Waals surface area contributed by atoms with Crippen LogP contribution in [0.15, 0.2) is 11.7 Å². The molecule has 0 saturated heterocycles. The van der Waals surface area contributed by atoms with Crippen LogP contribution in [-0.2, 0) is 11.2 Å². The van der Waals surface area contributed by atoms with Gasteiger partial charge in [-0.2, -0.15) is 0 Å². The Morgan fingerprint density at radius 3 is 2.83 bits per heavy atom. The van der Waals surface area contributed by atoms with Crippen molar-refractivity contribution in [2.24, 2.45) is 11.8 Å². The minimum absolute atomic E-state index is 0.120. The van der Waals surface area contributed by atoms with Crippen molar-refractivity contribution >= 4 is 11.3 Å². The molecule has 0 spiro atoms. The minimum atomic E-state index is -0.120. The fraction of sp³-hybridized carbons (Fsp3) is 0.769. The number of rotatable bonds is 5. The maximum absolute atomic E-state index is 5.87. The number of ether oxygens (including phenoxy) is 1. The second-order valence-corrected chi connectivity index (χ2v) is 6.31. The summed E-state index contributed by atoms with van der Waals surface area (Å²) in [6.07, 6.45) is 7.41. The highest BCUT2D eigenvalue weighted by molar-refractivity contribution is 7.09. The van der Waals surface area contributed by atoms with E-state index in [4.69, 9.17) is 10.6 Å². The Hall–Kier alpha value is -0.490. The van der Waals surface area contributed by atoms with Crippen molar-refractivity contribution in [3.8, 4) is 0 Å². The van der Waals surface area contributed by atoms with Crippen molar-refractivity contribution in [1.29, 1.82) is 0 Å². The van der Waals surface area contributed by atoms with Gasteiger partial charge < -0.3 is 4.74 Å². The third-order valence-electron chi connectivity index (χ3n) is 4.25. The van der Waals surface area contributed by atoms with Gasteiger partial charge >= 0.3 is 0 Å². The highest BCUT2D eigenvalue weighted by Crippen LogP contribution is 2.37. The maximum atomic E-state index is 5.87. The Morgan fingerprint density at radius 2 is 2.33 bits per heavy atom. The van der Waals surface area contributed by atoms with E-state index in [1.807, 2.05) is 18.8 Å². The molecule has 1 fully saturated rings. The van der Waals surface area contributed by atoms with Crippen molar-refractivity contribution in [1.82, 2.24) is 10.4 Å². The number of nitrogens with one attached hydrogen (secondary N) is 1. The zero-order chi connectivity index (χ0) is 13.0. The lowest BCUT2D eigenvalue weighted by Crippen LogP contribution is -2.57. The fourth-order valence-electron chi connectivity index (χ4n) is 2.89. The van der Waals surface area contributed by atoms with Crippen molar-refractivity contribution in [2.75, 3.05) is 7.11 Å². The van der Waals surface area contributed by atoms with E-state index in [0.29, 0.717) is 0 Å². The van der Waals surface area contributed by atoms with Crippen LogP contribution < -0.4 is 11.3 Å². The lowest BCUT2D eigenvalue weighted by atomic mass is 9.74. The number of methoxy groups -OCH3 is 1. The predicted molar refractivity (Wildman–Crippen MR) is 74.3 cm³/mol. The zero-order valence-corrected chi connectivity index (χ0v) is 12.0. The normalized spacial score (nSPS) is 30.3. The molecule has 1 atom stereocenters. The van der Waals surface area contributed by atoms with Crippen LogP contribution in [0.1, 0.15) is 37.5 Å². The fourth-order valence-corrected chi connectivity index (χ4v) is 3.53. The van der Waals surface area contributed by atoms with E-state index < -0.39 is 0 Å². The van der Waals surface area contributed by atoms with Crippen LogP contribution in [-0.4, -0.2) is 23.7 Å². The van der Waals surface area contributed by atoms with E-state index >= 15 is 0 Å². The molecule has 0 bridgehead atoms. The topological polar surface area (TPSA) is 60.2 Å². The summed E-state index contributed by atoms with van der Waals surface area (Å²) < 4.78 is 5.87. The van der Waals surface area contributed by atoms with Gasteiger partial charge in [0.1, 0.15) is 0 Å². The molecule has 3 N–H and O–H groups in total. The smallest absolute Gasteiger partial charge is 0.0848 e. The number of nitrogens with zero attached hydrogens (tertiary/aromatic N) is 1. The van der Waals surface area contributed by atoms with E-state index in [-0.39, 0.29) is 11.6 Å². The Morgan fingerprint density at radius 1 is 1.61 bits per heavy atom. The molecule has 1 unspecified atom stereocenters. The average Bonchev–Trinajstić information content (AvgIpc) is 2.90. The molecule has 1 aromatic rings. The van der Waals surface area contributed by atoms with E-state index in [1.165, 1.54) is 17.7 Å². The van der Waals surface area contributed by atoms with Crippen LogP contribution in [0.4, 0.5) is 0 Å². The molecule has 1 aliphatic rings. The van der Waals surface area contributed by atoms with Crippen LogP contribution in [0.3, 0.4) is 0 Å². The molecule has 2 rings (SSSR count). The first kappa shape index (κ1) is 13.9. The number of aromatic nitrogens is 1. The molecule has 4 nitrogen and oxygen atoms in total. The summed E-state index contributed by atoms with van der Waals surface area (Å²) in [7, 11) is 1.81. The summed E-state index contributed by atoms with van der Waals surface area (Å²) in [6.45, 7) is 2.31. The minimum Gasteiger partial charge on any atom is -0.377 e. The predicted octanol–water partition coefficient (Wildman–Crippen LogP) is 2.11. The highest BCUT2D eigenvalue weighted by atomic mass is 32.1. The molecular weight excluding hydrogens is 246 g/mol. The molecule has 1 aliphatic carbocycles. The highest BCUT2D eigenvalue weighted by Gasteiger charge is 2.41. The van der Waals surface area contributed by atoms with Crippen LogP contribution in [0, 0.1) is 5.92 Å². The summed E-state index contributed by atoms with van der Waals surface area (Å²) >= 11 is 1.68. The molecule has 5 heteroatoms. The first-order chi connectivity index (χ1) is 8.70. The van der Waals surface area contributed by atoms with Gasteiger partial charge in [0.2, 0.25) is 0 Å². The first-order valence-electron chi connectivity index (χ1n) is 6.59. The van der Waals surface area contributed by atoms with E-state index in [2.05, 4.69) is 17.3 Å². The van der Waals surface area contributed by atoms with Gasteiger partial charge in [-0.1, -0.05) is 6.92 Å². The number of hydrogen-bond acceptors (Lipinski definition) is 5. The van der Waals surface area contributed by atoms with Gasteiger partial charge in [-0.15, -0.1) is 11.3 Å². The molecular formula is C13H23N3OS. The average molecular weight is 269 g/mol. The molecule has 18 heavy (non-hydrogen) atoms. The summed E-state index contributed by atoms with van der Waals surface area (Å²) in [5.74, 6) is 6.57. The van der Waals surface area contributed by atoms with Gasteiger partial charge in [0.15, 0.2) is 0 Å². The Kier molecular flexibility index (Phi) is 4.72. The van der Waals surface area contributed by atoms with Crippen LogP contribution >= 0.6 is 11.3 Å². The summed E-state index contributed by atoms with van der Waals surface area (Å²) in [5, 5.41) is 0. The second kappa shape index (κ2) is 6.10. The van der Waals surface area contributed by atoms with Crippen molar-refractivity contribution in [3.63, 3.8) is 0 Å². The number of nitrogens with two attached hydrogens (primary N) is 1. The molecule has 0 aliphatic heterocycles. The molecule has 102 valence electrons. The van der Waals surface area contributed by atoms with Crippen LogP contribution in [0.2, 0.25) is 0 Å². The van der Waals surface area contributed by atoms with Gasteiger partial charge in [0, 0.05) is 24.6 Å². The van der Waals surface area contributed by atoms with E-state index in [1.54, 1.807) is 11.3 Å². The first-order valence-corrected chi connectivity index (χ1v) is 7.47.